The molecule has 5 rings (SSSR count). The van der Waals surface area contributed by atoms with Gasteiger partial charge in [0, 0.05) is 42.0 Å². The van der Waals surface area contributed by atoms with Crippen LogP contribution in [0.15, 0.2) is 18.2 Å². The number of aromatic hydroxyl groups is 2. The second kappa shape index (κ2) is 10.7. The number of halogens is 1. The molecule has 2 aliphatic carbocycles. The molecule has 12 nitrogen and oxygen atoms in total. The lowest BCUT2D eigenvalue weighted by Crippen LogP contribution is -2.53. The number of Topliss-reactive ketones (excluding diaryl/α,β-unsaturated/α-hetero) is 1. The molecule has 13 heteroatoms. The zero-order chi connectivity index (χ0) is 28.4. The van der Waals surface area contributed by atoms with Gasteiger partial charge in [0.25, 0.3) is 0 Å². The molecule has 40 heavy (non-hydrogen) atoms. The van der Waals surface area contributed by atoms with Crippen LogP contribution >= 0.6 is 12.4 Å². The normalized spacial score (nSPS) is 29.1. The summed E-state index contributed by atoms with van der Waals surface area (Å²) in [5.41, 5.74) is 2.37. The predicted octanol–water partition coefficient (Wildman–Crippen LogP) is 0.423. The van der Waals surface area contributed by atoms with Gasteiger partial charge in [0.2, 0.25) is 5.78 Å². The zero-order valence-electron chi connectivity index (χ0n) is 21.6. The van der Waals surface area contributed by atoms with Crippen molar-refractivity contribution in [1.29, 1.82) is 0 Å². The molecule has 7 N–H and O–H groups in total. The Hall–Kier alpha value is -3.10. The van der Waals surface area contributed by atoms with Gasteiger partial charge in [0.05, 0.1) is 42.1 Å². The minimum atomic E-state index is -2.24. The number of aliphatic hydroxyl groups is 3. The summed E-state index contributed by atoms with van der Waals surface area (Å²) < 4.78 is 17.0. The molecule has 0 amide bonds. The number of hydrogen-bond acceptors (Lipinski definition) is 12. The molecule has 2 aromatic rings. The number of benzene rings is 2. The van der Waals surface area contributed by atoms with E-state index in [0.717, 1.165) is 0 Å². The summed E-state index contributed by atoms with van der Waals surface area (Å²) in [7, 11) is 1.32. The minimum absolute atomic E-state index is 0. The van der Waals surface area contributed by atoms with Crippen LogP contribution in [0.25, 0.3) is 0 Å². The molecule has 216 valence electrons. The lowest BCUT2D eigenvalue weighted by molar-refractivity contribution is -0.247. The number of phenolic OH excluding ortho intramolecular Hbond substituents is 2. The van der Waals surface area contributed by atoms with Gasteiger partial charge in [-0.1, -0.05) is 12.1 Å². The van der Waals surface area contributed by atoms with Crippen molar-refractivity contribution in [3.05, 3.63) is 51.6 Å². The van der Waals surface area contributed by atoms with Gasteiger partial charge >= 0.3 is 0 Å². The monoisotopic (exact) mass is 579 g/mol. The highest BCUT2D eigenvalue weighted by Crippen LogP contribution is 2.52. The van der Waals surface area contributed by atoms with E-state index >= 15 is 0 Å². The van der Waals surface area contributed by atoms with Crippen molar-refractivity contribution in [2.75, 3.05) is 13.7 Å². The Kier molecular flexibility index (Phi) is 8.00. The van der Waals surface area contributed by atoms with E-state index in [1.54, 1.807) is 6.92 Å². The average molecular weight is 580 g/mol. The molecule has 1 saturated heterocycles. The summed E-state index contributed by atoms with van der Waals surface area (Å²) in [6.45, 7) is 0.560. The first-order chi connectivity index (χ1) is 18.4. The summed E-state index contributed by atoms with van der Waals surface area (Å²) in [6, 6.07) is 3.64. The smallest absolute Gasteiger partial charge is 0.202 e. The van der Waals surface area contributed by atoms with Gasteiger partial charge < -0.3 is 45.5 Å². The summed E-state index contributed by atoms with van der Waals surface area (Å²) in [4.78, 5) is 39.7. The van der Waals surface area contributed by atoms with Gasteiger partial charge in [-0.15, -0.1) is 12.4 Å². The lowest BCUT2D eigenvalue weighted by Gasteiger charge is -2.42. The quantitative estimate of drug-likeness (QED) is 0.227. The minimum Gasteiger partial charge on any atom is -0.507 e. The third kappa shape index (κ3) is 4.45. The molecule has 6 atom stereocenters. The Balaban J connectivity index is 0.00000370. The highest BCUT2D eigenvalue weighted by Gasteiger charge is 2.50. The number of fused-ring (bicyclic) bond motifs is 3. The Morgan fingerprint density at radius 1 is 1.15 bits per heavy atom. The molecule has 0 aromatic heterocycles. The van der Waals surface area contributed by atoms with Crippen LogP contribution < -0.4 is 10.5 Å². The second-order valence-electron chi connectivity index (χ2n) is 10.2. The molecule has 5 unspecified atom stereocenters. The van der Waals surface area contributed by atoms with E-state index in [9.17, 15) is 39.9 Å². The average Bonchev–Trinajstić information content (AvgIpc) is 2.90. The number of aliphatic hydroxyl groups excluding tert-OH is 2. The summed E-state index contributed by atoms with van der Waals surface area (Å²) in [5, 5.41) is 53.7. The Labute approximate surface area is 234 Å². The van der Waals surface area contributed by atoms with E-state index in [1.165, 1.54) is 25.3 Å². The number of ketones is 3. The highest BCUT2D eigenvalue weighted by atomic mass is 35.5. The fraction of sp³-hybridized carbons (Fsp3) is 0.444. The molecule has 2 aromatic carbocycles. The molecule has 3 aliphatic rings. The highest BCUT2D eigenvalue weighted by molar-refractivity contribution is 6.31. The molecule has 1 aliphatic heterocycles. The van der Waals surface area contributed by atoms with Gasteiger partial charge in [0.15, 0.2) is 17.9 Å². The van der Waals surface area contributed by atoms with Crippen LogP contribution in [0.3, 0.4) is 0 Å². The third-order valence-corrected chi connectivity index (χ3v) is 7.81. The van der Waals surface area contributed by atoms with Gasteiger partial charge in [-0.05, 0) is 13.0 Å². The van der Waals surface area contributed by atoms with E-state index in [4.69, 9.17) is 19.9 Å². The van der Waals surface area contributed by atoms with Crippen LogP contribution in [0.1, 0.15) is 68.8 Å². The summed E-state index contributed by atoms with van der Waals surface area (Å²) in [5.74, 6) is -3.77. The van der Waals surface area contributed by atoms with Crippen molar-refractivity contribution < 1.29 is 54.1 Å². The number of methoxy groups -OCH3 is 1. The fourth-order valence-electron chi connectivity index (χ4n) is 5.75. The summed E-state index contributed by atoms with van der Waals surface area (Å²) >= 11 is 0. The number of rotatable bonds is 5. The molecule has 0 saturated carbocycles. The molecular weight excluding hydrogens is 550 g/mol. The SMILES string of the molecule is COc1cccc2c1C(=O)c1c(O)c3c(c(O)c1C2=O)CC(O)(C(=O)CO)CC3OC1CC(N)C(O)[C@H](C)O1.Cl. The Morgan fingerprint density at radius 3 is 2.45 bits per heavy atom. The fourth-order valence-corrected chi connectivity index (χ4v) is 5.75. The number of carbonyl (C=O) groups is 3. The number of nitrogens with two attached hydrogens (primary N) is 1. The molecule has 0 bridgehead atoms. The van der Waals surface area contributed by atoms with Crippen molar-refractivity contribution in [3.8, 4) is 17.2 Å². The topological polar surface area (TPSA) is 206 Å². The number of carbonyl (C=O) groups excluding carboxylic acids is 3. The first kappa shape index (κ1) is 29.9. The van der Waals surface area contributed by atoms with Crippen LogP contribution in [-0.2, 0) is 20.7 Å². The maximum atomic E-state index is 13.6. The van der Waals surface area contributed by atoms with Gasteiger partial charge in [0.1, 0.15) is 29.5 Å². The largest absolute Gasteiger partial charge is 0.507 e. The molecule has 1 fully saturated rings. The zero-order valence-corrected chi connectivity index (χ0v) is 22.4. The van der Waals surface area contributed by atoms with Crippen molar-refractivity contribution in [1.82, 2.24) is 0 Å². The molecular formula is C27H30ClNO11. The second-order valence-corrected chi connectivity index (χ2v) is 10.2. The van der Waals surface area contributed by atoms with Crippen LogP contribution in [-0.4, -0.2) is 86.7 Å². The van der Waals surface area contributed by atoms with E-state index in [2.05, 4.69) is 0 Å². The van der Waals surface area contributed by atoms with E-state index in [0.29, 0.717) is 0 Å². The molecule has 1 heterocycles. The molecule has 0 radical (unpaired) electrons. The van der Waals surface area contributed by atoms with E-state index < -0.39 is 95.7 Å². The standard InChI is InChI=1S/C27H29NO11.ClH/c1-10-22(31)13(28)6-17(38-10)39-15-8-27(36,16(30)9-29)7-12-19(15)26(35)21-20(24(12)33)23(32)11-4-3-5-14(37-2)18(11)25(21)34;/h3-5,10,13,15,17,22,29,31,33,35-36H,6-9,28H2,1-2H3;1H/t10-,13?,15?,17?,22?,27?;/m0./s1. The van der Waals surface area contributed by atoms with E-state index in [1.807, 2.05) is 0 Å². The Morgan fingerprint density at radius 2 is 1.82 bits per heavy atom. The maximum Gasteiger partial charge on any atom is 0.202 e. The maximum absolute atomic E-state index is 13.6. The van der Waals surface area contributed by atoms with Crippen molar-refractivity contribution in [2.24, 2.45) is 5.73 Å². The summed E-state index contributed by atoms with van der Waals surface area (Å²) in [6.07, 6.45) is -5.12. The predicted molar refractivity (Wildman–Crippen MR) is 139 cm³/mol. The van der Waals surface area contributed by atoms with Crippen molar-refractivity contribution >= 4 is 29.8 Å². The van der Waals surface area contributed by atoms with Crippen LogP contribution in [0, 0.1) is 0 Å². The van der Waals surface area contributed by atoms with Crippen molar-refractivity contribution in [3.63, 3.8) is 0 Å². The number of ether oxygens (including phenoxy) is 3. The van der Waals surface area contributed by atoms with Crippen LogP contribution in [0.4, 0.5) is 0 Å². The first-order valence-electron chi connectivity index (χ1n) is 12.4. The van der Waals surface area contributed by atoms with Crippen LogP contribution in [0.2, 0.25) is 0 Å². The number of hydrogen-bond donors (Lipinski definition) is 6. The van der Waals surface area contributed by atoms with Gasteiger partial charge in [-0.2, -0.15) is 0 Å². The number of phenols is 2. The van der Waals surface area contributed by atoms with Gasteiger partial charge in [-0.3, -0.25) is 14.4 Å². The van der Waals surface area contributed by atoms with Gasteiger partial charge in [-0.25, -0.2) is 0 Å². The lowest BCUT2D eigenvalue weighted by atomic mass is 9.72. The first-order valence-corrected chi connectivity index (χ1v) is 12.4. The van der Waals surface area contributed by atoms with Crippen molar-refractivity contribution in [2.45, 2.75) is 62.4 Å². The van der Waals surface area contributed by atoms with Crippen LogP contribution in [0.5, 0.6) is 17.2 Å². The third-order valence-electron chi connectivity index (χ3n) is 7.81. The molecule has 0 spiro atoms. The Bertz CT molecular complexity index is 1380. The van der Waals surface area contributed by atoms with E-state index in [-0.39, 0.29) is 46.8 Å².